The van der Waals surface area contributed by atoms with E-state index >= 15 is 0 Å². The topological polar surface area (TPSA) is 46.2 Å². The highest BCUT2D eigenvalue weighted by molar-refractivity contribution is 7.92. The van der Waals surface area contributed by atoms with Crippen LogP contribution in [0.4, 0.5) is 0 Å². The van der Waals surface area contributed by atoms with E-state index in [2.05, 4.69) is 5.32 Å². The highest BCUT2D eigenvalue weighted by Crippen LogP contribution is 2.16. The fourth-order valence-corrected chi connectivity index (χ4v) is 2.77. The van der Waals surface area contributed by atoms with Gasteiger partial charge >= 0.3 is 0 Å². The molecule has 0 heterocycles. The van der Waals surface area contributed by atoms with E-state index in [4.69, 9.17) is 0 Å². The van der Waals surface area contributed by atoms with E-state index in [1.54, 1.807) is 19.1 Å². The average Bonchev–Trinajstić information content (AvgIpc) is 2.26. The normalized spacial score (nSPS) is 13.9. The molecule has 1 aromatic carbocycles. The van der Waals surface area contributed by atoms with Crippen LogP contribution in [0, 0.1) is 6.92 Å². The fraction of sp³-hybridized carbons (Fsp3) is 0.538. The maximum atomic E-state index is 12.2. The molecule has 17 heavy (non-hydrogen) atoms. The van der Waals surface area contributed by atoms with Gasteiger partial charge in [-0.3, -0.25) is 0 Å². The monoisotopic (exact) mass is 255 g/mol. The second-order valence-corrected chi connectivity index (χ2v) is 7.10. The molecule has 0 aromatic heterocycles. The first kappa shape index (κ1) is 14.2. The molecule has 1 unspecified atom stereocenters. The van der Waals surface area contributed by atoms with Crippen molar-refractivity contribution < 1.29 is 8.42 Å². The minimum absolute atomic E-state index is 0.297. The molecule has 0 saturated carbocycles. The molecule has 1 N–H and O–H groups in total. The molecular weight excluding hydrogens is 234 g/mol. The van der Waals surface area contributed by atoms with Crippen LogP contribution in [0.15, 0.2) is 29.2 Å². The van der Waals surface area contributed by atoms with Gasteiger partial charge in [0.05, 0.1) is 10.1 Å². The Labute approximate surface area is 104 Å². The van der Waals surface area contributed by atoms with Gasteiger partial charge in [-0.05, 0) is 26.0 Å². The Balaban J connectivity index is 2.84. The highest BCUT2D eigenvalue weighted by Gasteiger charge is 2.22. The Morgan fingerprint density at radius 1 is 1.12 bits per heavy atom. The zero-order valence-electron chi connectivity index (χ0n) is 10.9. The molecule has 4 heteroatoms. The third kappa shape index (κ3) is 3.82. The maximum Gasteiger partial charge on any atom is 0.182 e. The standard InChI is InChI=1S/C13H21NO2S/c1-10(2)14-9-12(4)17(15,16)13-7-5-11(3)6-8-13/h5-8,10,12,14H,9H2,1-4H3. The second-order valence-electron chi connectivity index (χ2n) is 4.73. The van der Waals surface area contributed by atoms with Gasteiger partial charge in [-0.15, -0.1) is 0 Å². The first-order chi connectivity index (χ1) is 7.84. The van der Waals surface area contributed by atoms with Gasteiger partial charge in [0.15, 0.2) is 9.84 Å². The van der Waals surface area contributed by atoms with Crippen LogP contribution in [0.2, 0.25) is 0 Å². The van der Waals surface area contributed by atoms with Crippen molar-refractivity contribution in [2.75, 3.05) is 6.54 Å². The van der Waals surface area contributed by atoms with Crippen molar-refractivity contribution in [2.24, 2.45) is 0 Å². The minimum Gasteiger partial charge on any atom is -0.313 e. The molecule has 0 aliphatic carbocycles. The molecule has 1 atom stereocenters. The first-order valence-corrected chi connectivity index (χ1v) is 7.42. The molecule has 0 spiro atoms. The summed E-state index contributed by atoms with van der Waals surface area (Å²) in [5.41, 5.74) is 1.07. The predicted molar refractivity (Wildman–Crippen MR) is 71.0 cm³/mol. The lowest BCUT2D eigenvalue weighted by molar-refractivity contribution is 0.550. The van der Waals surface area contributed by atoms with E-state index in [1.165, 1.54) is 0 Å². The number of aryl methyl sites for hydroxylation is 1. The van der Waals surface area contributed by atoms with Gasteiger partial charge in [0, 0.05) is 12.6 Å². The van der Waals surface area contributed by atoms with Crippen molar-refractivity contribution >= 4 is 9.84 Å². The number of hydrogen-bond acceptors (Lipinski definition) is 3. The molecule has 1 rings (SSSR count). The van der Waals surface area contributed by atoms with Crippen molar-refractivity contribution in [2.45, 2.75) is 43.9 Å². The van der Waals surface area contributed by atoms with Crippen LogP contribution >= 0.6 is 0 Å². The molecule has 0 fully saturated rings. The van der Waals surface area contributed by atoms with Crippen LogP contribution < -0.4 is 5.32 Å². The number of hydrogen-bond donors (Lipinski definition) is 1. The van der Waals surface area contributed by atoms with Crippen molar-refractivity contribution in [3.63, 3.8) is 0 Å². The maximum absolute atomic E-state index is 12.2. The third-order valence-corrected chi connectivity index (χ3v) is 4.85. The van der Waals surface area contributed by atoms with Crippen molar-refractivity contribution in [1.29, 1.82) is 0 Å². The molecule has 0 aliphatic heterocycles. The summed E-state index contributed by atoms with van der Waals surface area (Å²) in [6.45, 7) is 8.18. The summed E-state index contributed by atoms with van der Waals surface area (Å²) < 4.78 is 24.4. The quantitative estimate of drug-likeness (QED) is 0.877. The van der Waals surface area contributed by atoms with Gasteiger partial charge in [-0.2, -0.15) is 0 Å². The first-order valence-electron chi connectivity index (χ1n) is 5.88. The summed E-state index contributed by atoms with van der Waals surface area (Å²) in [5.74, 6) is 0. The Morgan fingerprint density at radius 2 is 1.65 bits per heavy atom. The molecule has 0 radical (unpaired) electrons. The molecule has 1 aromatic rings. The lowest BCUT2D eigenvalue weighted by Gasteiger charge is -2.15. The summed E-state index contributed by atoms with van der Waals surface area (Å²) >= 11 is 0. The molecule has 0 aliphatic rings. The van der Waals surface area contributed by atoms with Gasteiger partial charge in [-0.25, -0.2) is 8.42 Å². The number of benzene rings is 1. The fourth-order valence-electron chi connectivity index (χ4n) is 1.47. The summed E-state index contributed by atoms with van der Waals surface area (Å²) in [4.78, 5) is 0.404. The summed E-state index contributed by atoms with van der Waals surface area (Å²) in [6, 6.07) is 7.31. The van der Waals surface area contributed by atoms with E-state index in [1.807, 2.05) is 32.9 Å². The molecule has 0 bridgehead atoms. The molecule has 0 saturated heterocycles. The van der Waals surface area contributed by atoms with Crippen molar-refractivity contribution in [3.05, 3.63) is 29.8 Å². The van der Waals surface area contributed by atoms with Crippen molar-refractivity contribution in [1.82, 2.24) is 5.32 Å². The summed E-state index contributed by atoms with van der Waals surface area (Å²) in [5, 5.41) is 2.74. The van der Waals surface area contributed by atoms with Gasteiger partial charge in [0.25, 0.3) is 0 Å². The lowest BCUT2D eigenvalue weighted by atomic mass is 10.2. The van der Waals surface area contributed by atoms with E-state index in [0.717, 1.165) is 5.56 Å². The Bertz CT molecular complexity index is 449. The lowest BCUT2D eigenvalue weighted by Crippen LogP contribution is -2.34. The van der Waals surface area contributed by atoms with E-state index in [9.17, 15) is 8.42 Å². The van der Waals surface area contributed by atoms with Crippen LogP contribution in [0.1, 0.15) is 26.3 Å². The second kappa shape index (κ2) is 5.65. The zero-order chi connectivity index (χ0) is 13.1. The van der Waals surface area contributed by atoms with E-state index < -0.39 is 15.1 Å². The highest BCUT2D eigenvalue weighted by atomic mass is 32.2. The van der Waals surface area contributed by atoms with E-state index in [-0.39, 0.29) is 0 Å². The van der Waals surface area contributed by atoms with Crippen molar-refractivity contribution in [3.8, 4) is 0 Å². The van der Waals surface area contributed by atoms with Gasteiger partial charge < -0.3 is 5.32 Å². The molecule has 3 nitrogen and oxygen atoms in total. The third-order valence-electron chi connectivity index (χ3n) is 2.69. The Hall–Kier alpha value is -0.870. The number of nitrogens with one attached hydrogen (secondary N) is 1. The number of sulfone groups is 1. The van der Waals surface area contributed by atoms with Crippen LogP contribution in [0.5, 0.6) is 0 Å². The predicted octanol–water partition coefficient (Wildman–Crippen LogP) is 2.16. The largest absolute Gasteiger partial charge is 0.313 e. The van der Waals surface area contributed by atoms with E-state index in [0.29, 0.717) is 17.5 Å². The van der Waals surface area contributed by atoms with Gasteiger partial charge in [-0.1, -0.05) is 31.5 Å². The van der Waals surface area contributed by atoms with Gasteiger partial charge in [0.2, 0.25) is 0 Å². The molecular formula is C13H21NO2S. The zero-order valence-corrected chi connectivity index (χ0v) is 11.7. The summed E-state index contributed by atoms with van der Waals surface area (Å²) in [6.07, 6.45) is 0. The Kier molecular flexibility index (Phi) is 4.71. The summed E-state index contributed by atoms with van der Waals surface area (Å²) in [7, 11) is -3.21. The van der Waals surface area contributed by atoms with Crippen LogP contribution in [-0.2, 0) is 9.84 Å². The molecule has 96 valence electrons. The Morgan fingerprint density at radius 3 is 2.12 bits per heavy atom. The van der Waals surface area contributed by atoms with Crippen LogP contribution in [-0.4, -0.2) is 26.3 Å². The smallest absolute Gasteiger partial charge is 0.182 e. The SMILES string of the molecule is Cc1ccc(S(=O)(=O)C(C)CNC(C)C)cc1. The number of rotatable bonds is 5. The minimum atomic E-state index is -3.21. The van der Waals surface area contributed by atoms with Gasteiger partial charge in [0.1, 0.15) is 0 Å². The van der Waals surface area contributed by atoms with Crippen LogP contribution in [0.3, 0.4) is 0 Å². The van der Waals surface area contributed by atoms with Crippen LogP contribution in [0.25, 0.3) is 0 Å². The molecule has 0 amide bonds. The average molecular weight is 255 g/mol.